The summed E-state index contributed by atoms with van der Waals surface area (Å²) in [5, 5.41) is 19.8. The van der Waals surface area contributed by atoms with Crippen molar-refractivity contribution in [2.24, 2.45) is 5.10 Å². The topological polar surface area (TPSA) is 72.0 Å². The molecule has 0 heterocycles. The third-order valence-electron chi connectivity index (χ3n) is 2.15. The standard InChI is InChI=1S/C11H4F6N4/c12-10(13,14)6-1-2-9(8(3-6)11(15,16)17)21-20-7(4-18)5-19/h1-3,21H. The van der Waals surface area contributed by atoms with Crippen molar-refractivity contribution in [1.82, 2.24) is 0 Å². The number of nitriles is 2. The van der Waals surface area contributed by atoms with Gasteiger partial charge in [-0.15, -0.1) is 0 Å². The summed E-state index contributed by atoms with van der Waals surface area (Å²) in [6.45, 7) is 0. The zero-order chi connectivity index (χ0) is 16.3. The highest BCUT2D eigenvalue weighted by Gasteiger charge is 2.38. The summed E-state index contributed by atoms with van der Waals surface area (Å²) in [7, 11) is 0. The molecule has 0 aliphatic carbocycles. The van der Waals surface area contributed by atoms with Crippen molar-refractivity contribution in [3.8, 4) is 12.1 Å². The van der Waals surface area contributed by atoms with Crippen molar-refractivity contribution in [3.05, 3.63) is 29.3 Å². The highest BCUT2D eigenvalue weighted by Crippen LogP contribution is 2.39. The van der Waals surface area contributed by atoms with Crippen LogP contribution in [0.4, 0.5) is 32.0 Å². The third kappa shape index (κ3) is 4.11. The van der Waals surface area contributed by atoms with E-state index < -0.39 is 34.9 Å². The SMILES string of the molecule is N#CC(C#N)=NNc1ccc(C(F)(F)F)cc1C(F)(F)F. The fraction of sp³-hybridized carbons (Fsp3) is 0.182. The van der Waals surface area contributed by atoms with E-state index in [2.05, 4.69) is 5.10 Å². The van der Waals surface area contributed by atoms with Crippen LogP contribution < -0.4 is 5.43 Å². The monoisotopic (exact) mass is 306 g/mol. The van der Waals surface area contributed by atoms with Gasteiger partial charge in [0.2, 0.25) is 5.71 Å². The molecule has 0 bridgehead atoms. The van der Waals surface area contributed by atoms with E-state index in [0.717, 1.165) is 0 Å². The average molecular weight is 306 g/mol. The molecule has 0 atom stereocenters. The first kappa shape index (κ1) is 16.3. The zero-order valence-corrected chi connectivity index (χ0v) is 9.84. The number of nitrogens with zero attached hydrogens (tertiary/aromatic N) is 3. The number of hydrazone groups is 1. The molecule has 0 saturated heterocycles. The maximum atomic E-state index is 12.7. The van der Waals surface area contributed by atoms with Crippen LogP contribution in [-0.2, 0) is 12.4 Å². The van der Waals surface area contributed by atoms with Gasteiger partial charge in [0, 0.05) is 0 Å². The molecule has 1 aromatic rings. The number of benzene rings is 1. The summed E-state index contributed by atoms with van der Waals surface area (Å²) >= 11 is 0. The molecule has 1 aromatic carbocycles. The first-order valence-electron chi connectivity index (χ1n) is 5.02. The Labute approximate surface area is 113 Å². The first-order chi connectivity index (χ1) is 9.59. The molecular formula is C11H4F6N4. The molecule has 0 spiro atoms. The van der Waals surface area contributed by atoms with Crippen molar-refractivity contribution < 1.29 is 26.3 Å². The lowest BCUT2D eigenvalue weighted by atomic mass is 10.1. The summed E-state index contributed by atoms with van der Waals surface area (Å²) in [6.07, 6.45) is -10.0. The van der Waals surface area contributed by atoms with E-state index in [0.29, 0.717) is 12.1 Å². The number of hydrogen-bond acceptors (Lipinski definition) is 4. The van der Waals surface area contributed by atoms with Gasteiger partial charge in [0.15, 0.2) is 0 Å². The molecule has 0 aliphatic heterocycles. The van der Waals surface area contributed by atoms with Gasteiger partial charge >= 0.3 is 12.4 Å². The van der Waals surface area contributed by atoms with Crippen molar-refractivity contribution >= 4 is 11.4 Å². The van der Waals surface area contributed by atoms with E-state index in [1.54, 1.807) is 5.43 Å². The Kier molecular flexibility index (Phi) is 4.43. The molecule has 0 unspecified atom stereocenters. The van der Waals surface area contributed by atoms with Gasteiger partial charge in [-0.2, -0.15) is 42.0 Å². The second kappa shape index (κ2) is 5.71. The lowest BCUT2D eigenvalue weighted by Gasteiger charge is -2.15. The predicted octanol–water partition coefficient (Wildman–Crippen LogP) is 3.54. The van der Waals surface area contributed by atoms with E-state index in [-0.39, 0.29) is 6.07 Å². The van der Waals surface area contributed by atoms with Gasteiger partial charge in [0.05, 0.1) is 16.8 Å². The summed E-state index contributed by atoms with van der Waals surface area (Å²) < 4.78 is 75.4. The minimum Gasteiger partial charge on any atom is -0.276 e. The number of anilines is 1. The van der Waals surface area contributed by atoms with Gasteiger partial charge in [0.1, 0.15) is 12.1 Å². The van der Waals surface area contributed by atoms with Crippen molar-refractivity contribution in [2.45, 2.75) is 12.4 Å². The van der Waals surface area contributed by atoms with Gasteiger partial charge < -0.3 is 0 Å². The maximum absolute atomic E-state index is 12.7. The number of halogens is 6. The number of rotatable bonds is 2. The zero-order valence-electron chi connectivity index (χ0n) is 9.84. The quantitative estimate of drug-likeness (QED) is 0.516. The number of nitrogens with one attached hydrogen (secondary N) is 1. The molecule has 110 valence electrons. The fourth-order valence-electron chi connectivity index (χ4n) is 1.24. The largest absolute Gasteiger partial charge is 0.418 e. The van der Waals surface area contributed by atoms with Gasteiger partial charge in [-0.25, -0.2) is 0 Å². The Bertz CT molecular complexity index is 629. The van der Waals surface area contributed by atoms with Crippen molar-refractivity contribution in [1.29, 1.82) is 10.5 Å². The number of hydrogen-bond donors (Lipinski definition) is 1. The predicted molar refractivity (Wildman–Crippen MR) is 58.7 cm³/mol. The van der Waals surface area contributed by atoms with Crippen LogP contribution in [0.3, 0.4) is 0 Å². The van der Waals surface area contributed by atoms with Gasteiger partial charge in [-0.3, -0.25) is 5.43 Å². The van der Waals surface area contributed by atoms with Crippen molar-refractivity contribution in [2.75, 3.05) is 5.43 Å². The Morgan fingerprint density at radius 2 is 1.57 bits per heavy atom. The molecule has 0 radical (unpaired) electrons. The van der Waals surface area contributed by atoms with Crippen LogP contribution in [-0.4, -0.2) is 5.71 Å². The van der Waals surface area contributed by atoms with Gasteiger partial charge in [-0.05, 0) is 18.2 Å². The van der Waals surface area contributed by atoms with E-state index in [1.807, 2.05) is 0 Å². The second-order valence-corrected chi connectivity index (χ2v) is 3.55. The van der Waals surface area contributed by atoms with Crippen LogP contribution in [0.2, 0.25) is 0 Å². The van der Waals surface area contributed by atoms with Crippen LogP contribution in [0.1, 0.15) is 11.1 Å². The summed E-state index contributed by atoms with van der Waals surface area (Å²) in [6, 6.07) is 3.41. The molecule has 0 saturated carbocycles. The molecule has 0 amide bonds. The lowest BCUT2D eigenvalue weighted by molar-refractivity contribution is -0.142. The molecule has 0 aromatic heterocycles. The summed E-state index contributed by atoms with van der Waals surface area (Å²) in [4.78, 5) is 0. The second-order valence-electron chi connectivity index (χ2n) is 3.55. The maximum Gasteiger partial charge on any atom is 0.418 e. The molecule has 4 nitrogen and oxygen atoms in total. The fourth-order valence-corrected chi connectivity index (χ4v) is 1.24. The molecule has 0 aliphatic rings. The average Bonchev–Trinajstić information content (AvgIpc) is 2.37. The summed E-state index contributed by atoms with van der Waals surface area (Å²) in [5.41, 5.74) is -2.92. The van der Waals surface area contributed by atoms with E-state index >= 15 is 0 Å². The molecule has 0 fully saturated rings. The first-order valence-corrected chi connectivity index (χ1v) is 5.02. The molecule has 1 N–H and O–H groups in total. The highest BCUT2D eigenvalue weighted by atomic mass is 19.4. The highest BCUT2D eigenvalue weighted by molar-refractivity contribution is 6.10. The van der Waals surface area contributed by atoms with Crippen LogP contribution in [0.25, 0.3) is 0 Å². The van der Waals surface area contributed by atoms with Crippen LogP contribution in [0.15, 0.2) is 23.3 Å². The lowest BCUT2D eigenvalue weighted by Crippen LogP contribution is -2.13. The van der Waals surface area contributed by atoms with E-state index in [4.69, 9.17) is 10.5 Å². The molecular weight excluding hydrogens is 302 g/mol. The van der Waals surface area contributed by atoms with Gasteiger partial charge in [0.25, 0.3) is 0 Å². The Morgan fingerprint density at radius 1 is 1.00 bits per heavy atom. The molecule has 21 heavy (non-hydrogen) atoms. The minimum absolute atomic E-state index is 0.0870. The minimum atomic E-state index is -5.07. The molecule has 10 heteroatoms. The Hall–Kier alpha value is -2.75. The Morgan fingerprint density at radius 3 is 2.00 bits per heavy atom. The van der Waals surface area contributed by atoms with E-state index in [9.17, 15) is 26.3 Å². The smallest absolute Gasteiger partial charge is 0.276 e. The van der Waals surface area contributed by atoms with Crippen molar-refractivity contribution in [3.63, 3.8) is 0 Å². The van der Waals surface area contributed by atoms with Crippen LogP contribution in [0.5, 0.6) is 0 Å². The summed E-state index contributed by atoms with van der Waals surface area (Å²) in [5.74, 6) is 0. The van der Waals surface area contributed by atoms with E-state index in [1.165, 1.54) is 12.1 Å². The Balaban J connectivity index is 3.32. The third-order valence-corrected chi connectivity index (χ3v) is 2.15. The van der Waals surface area contributed by atoms with Gasteiger partial charge in [-0.1, -0.05) is 0 Å². The van der Waals surface area contributed by atoms with Crippen LogP contribution in [0, 0.1) is 22.7 Å². The molecule has 1 rings (SSSR count). The number of alkyl halides is 6. The normalized spacial score (nSPS) is 11.2. The van der Waals surface area contributed by atoms with Crippen LogP contribution >= 0.6 is 0 Å².